The van der Waals surface area contributed by atoms with E-state index in [0.717, 1.165) is 49.7 Å². The second kappa shape index (κ2) is 11.8. The molecule has 1 heterocycles. The molecule has 0 saturated carbocycles. The van der Waals surface area contributed by atoms with Crippen molar-refractivity contribution < 1.29 is 9.84 Å². The molecule has 3 N–H and O–H groups in total. The molecule has 1 aliphatic rings. The third-order valence-corrected chi connectivity index (χ3v) is 5.00. The van der Waals surface area contributed by atoms with Crippen molar-refractivity contribution in [3.63, 3.8) is 0 Å². The summed E-state index contributed by atoms with van der Waals surface area (Å²) in [5.41, 5.74) is 0.818. The van der Waals surface area contributed by atoms with Gasteiger partial charge in [-0.3, -0.25) is 4.99 Å². The maximum absolute atomic E-state index is 10.5. The summed E-state index contributed by atoms with van der Waals surface area (Å²) in [7, 11) is 1.63. The highest BCUT2D eigenvalue weighted by Crippen LogP contribution is 2.19. The molecule has 1 aromatic rings. The molecule has 0 spiro atoms. The first kappa shape index (κ1) is 21.5. The molecule has 0 aromatic heterocycles. The van der Waals surface area contributed by atoms with Crippen LogP contribution in [0.1, 0.15) is 51.2 Å². The number of methoxy groups -OCH3 is 1. The first-order valence-electron chi connectivity index (χ1n) is 10.3. The lowest BCUT2D eigenvalue weighted by Crippen LogP contribution is -2.48. The zero-order valence-electron chi connectivity index (χ0n) is 17.1. The number of ether oxygens (including phenoxy) is 1. The fourth-order valence-corrected chi connectivity index (χ4v) is 3.33. The van der Waals surface area contributed by atoms with E-state index in [1.807, 2.05) is 24.3 Å². The second-order valence-corrected chi connectivity index (χ2v) is 7.13. The number of nitrogens with one attached hydrogen (secondary N) is 2. The predicted octanol–water partition coefficient (Wildman–Crippen LogP) is 2.55. The van der Waals surface area contributed by atoms with Crippen molar-refractivity contribution in [3.05, 3.63) is 29.8 Å². The second-order valence-electron chi connectivity index (χ2n) is 7.13. The summed E-state index contributed by atoms with van der Waals surface area (Å²) >= 11 is 0. The molecule has 152 valence electrons. The highest BCUT2D eigenvalue weighted by Gasteiger charge is 2.19. The van der Waals surface area contributed by atoms with Crippen LogP contribution in [0.4, 0.5) is 0 Å². The Kier molecular flexibility index (Phi) is 9.42. The Morgan fingerprint density at radius 2 is 2.11 bits per heavy atom. The number of hydrogen-bond donors (Lipinski definition) is 3. The van der Waals surface area contributed by atoms with Gasteiger partial charge in [-0.1, -0.05) is 25.5 Å². The fraction of sp³-hybridized carbons (Fsp3) is 0.667. The molecule has 6 heteroatoms. The van der Waals surface area contributed by atoms with Crippen LogP contribution in [0.15, 0.2) is 29.3 Å². The van der Waals surface area contributed by atoms with Gasteiger partial charge in [0.05, 0.1) is 19.8 Å². The van der Waals surface area contributed by atoms with Gasteiger partial charge in [0.1, 0.15) is 5.75 Å². The van der Waals surface area contributed by atoms with Gasteiger partial charge in [-0.05, 0) is 50.4 Å². The largest absolute Gasteiger partial charge is 0.497 e. The van der Waals surface area contributed by atoms with Crippen molar-refractivity contribution in [2.45, 2.75) is 51.7 Å². The molecule has 1 atom stereocenters. The Balaban J connectivity index is 1.86. The molecule has 1 fully saturated rings. The highest BCUT2D eigenvalue weighted by atomic mass is 16.5. The van der Waals surface area contributed by atoms with Gasteiger partial charge < -0.3 is 25.4 Å². The van der Waals surface area contributed by atoms with E-state index in [4.69, 9.17) is 4.74 Å². The highest BCUT2D eigenvalue weighted by molar-refractivity contribution is 5.80. The minimum Gasteiger partial charge on any atom is -0.497 e. The molecule has 27 heavy (non-hydrogen) atoms. The summed E-state index contributed by atoms with van der Waals surface area (Å²) in [6.45, 7) is 8.92. The third-order valence-electron chi connectivity index (χ3n) is 5.00. The lowest BCUT2D eigenvalue weighted by molar-refractivity contribution is 0.186. The van der Waals surface area contributed by atoms with Gasteiger partial charge in [-0.2, -0.15) is 0 Å². The number of likely N-dealkylation sites (tertiary alicyclic amines) is 1. The zero-order chi connectivity index (χ0) is 19.5. The predicted molar refractivity (Wildman–Crippen MR) is 111 cm³/mol. The van der Waals surface area contributed by atoms with Gasteiger partial charge in [0, 0.05) is 25.7 Å². The molecule has 0 aliphatic carbocycles. The fourth-order valence-electron chi connectivity index (χ4n) is 3.33. The summed E-state index contributed by atoms with van der Waals surface area (Å²) in [6.07, 6.45) is 4.15. The quantitative estimate of drug-likeness (QED) is 0.456. The molecule has 0 bridgehead atoms. The van der Waals surface area contributed by atoms with E-state index in [1.165, 1.54) is 19.4 Å². The SMILES string of the molecule is CCCCN1CCC(NC(=NCC(O)c2cccc(OC)c2)NCC)CC1. The monoisotopic (exact) mass is 376 g/mol. The molecule has 1 aromatic carbocycles. The Morgan fingerprint density at radius 1 is 1.33 bits per heavy atom. The number of aliphatic hydroxyl groups excluding tert-OH is 1. The van der Waals surface area contributed by atoms with Crippen molar-refractivity contribution in [2.24, 2.45) is 4.99 Å². The molecule has 1 saturated heterocycles. The number of aliphatic imine (C=N–C) groups is 1. The van der Waals surface area contributed by atoms with E-state index >= 15 is 0 Å². The molecule has 1 aliphatic heterocycles. The summed E-state index contributed by atoms with van der Waals surface area (Å²) in [4.78, 5) is 7.15. The number of piperidine rings is 1. The van der Waals surface area contributed by atoms with Crippen LogP contribution < -0.4 is 15.4 Å². The van der Waals surface area contributed by atoms with Crippen LogP contribution in [0.2, 0.25) is 0 Å². The van der Waals surface area contributed by atoms with E-state index < -0.39 is 6.10 Å². The van der Waals surface area contributed by atoms with Gasteiger partial charge in [0.25, 0.3) is 0 Å². The van der Waals surface area contributed by atoms with Crippen LogP contribution in [-0.2, 0) is 0 Å². The van der Waals surface area contributed by atoms with Gasteiger partial charge >= 0.3 is 0 Å². The van der Waals surface area contributed by atoms with Gasteiger partial charge in [-0.15, -0.1) is 0 Å². The van der Waals surface area contributed by atoms with Gasteiger partial charge in [0.2, 0.25) is 0 Å². The summed E-state index contributed by atoms with van der Waals surface area (Å²) in [6, 6.07) is 7.95. The molecule has 2 rings (SSSR count). The number of benzene rings is 1. The van der Waals surface area contributed by atoms with E-state index in [9.17, 15) is 5.11 Å². The van der Waals surface area contributed by atoms with Crippen molar-refractivity contribution in [1.82, 2.24) is 15.5 Å². The maximum atomic E-state index is 10.5. The number of hydrogen-bond acceptors (Lipinski definition) is 4. The van der Waals surface area contributed by atoms with E-state index in [1.54, 1.807) is 7.11 Å². The maximum Gasteiger partial charge on any atom is 0.191 e. The lowest BCUT2D eigenvalue weighted by Gasteiger charge is -2.33. The molecule has 0 amide bonds. The normalized spacial score (nSPS) is 17.6. The lowest BCUT2D eigenvalue weighted by atomic mass is 10.0. The Morgan fingerprint density at radius 3 is 2.78 bits per heavy atom. The molecule has 1 unspecified atom stereocenters. The number of aliphatic hydroxyl groups is 1. The van der Waals surface area contributed by atoms with Crippen molar-refractivity contribution in [2.75, 3.05) is 39.8 Å². The van der Waals surface area contributed by atoms with Crippen LogP contribution in [0.25, 0.3) is 0 Å². The van der Waals surface area contributed by atoms with Crippen LogP contribution >= 0.6 is 0 Å². The Labute approximate surface area is 164 Å². The minimum absolute atomic E-state index is 0.317. The minimum atomic E-state index is -0.647. The first-order chi connectivity index (χ1) is 13.2. The number of rotatable bonds is 9. The van der Waals surface area contributed by atoms with E-state index in [-0.39, 0.29) is 0 Å². The van der Waals surface area contributed by atoms with Crippen molar-refractivity contribution in [1.29, 1.82) is 0 Å². The molecular weight excluding hydrogens is 340 g/mol. The number of nitrogens with zero attached hydrogens (tertiary/aromatic N) is 2. The topological polar surface area (TPSA) is 69.1 Å². The third kappa shape index (κ3) is 7.39. The van der Waals surface area contributed by atoms with E-state index in [0.29, 0.717) is 12.6 Å². The van der Waals surface area contributed by atoms with Crippen molar-refractivity contribution >= 4 is 5.96 Å². The summed E-state index contributed by atoms with van der Waals surface area (Å²) in [5.74, 6) is 1.53. The summed E-state index contributed by atoms with van der Waals surface area (Å²) < 4.78 is 5.23. The number of unbranched alkanes of at least 4 members (excludes halogenated alkanes) is 1. The van der Waals surface area contributed by atoms with Gasteiger partial charge in [-0.25, -0.2) is 0 Å². The first-order valence-corrected chi connectivity index (χ1v) is 10.3. The number of guanidine groups is 1. The molecule has 6 nitrogen and oxygen atoms in total. The molecule has 0 radical (unpaired) electrons. The average molecular weight is 377 g/mol. The van der Waals surface area contributed by atoms with Crippen LogP contribution in [0, 0.1) is 0 Å². The van der Waals surface area contributed by atoms with Gasteiger partial charge in [0.15, 0.2) is 5.96 Å². The van der Waals surface area contributed by atoms with Crippen LogP contribution in [-0.4, -0.2) is 61.8 Å². The Bertz CT molecular complexity index is 571. The van der Waals surface area contributed by atoms with Crippen LogP contribution in [0.5, 0.6) is 5.75 Å². The smallest absolute Gasteiger partial charge is 0.191 e. The Hall–Kier alpha value is -1.79. The van der Waals surface area contributed by atoms with E-state index in [2.05, 4.69) is 34.4 Å². The standard InChI is InChI=1S/C21H36N4O2/c1-4-6-12-25-13-10-18(11-14-25)24-21(22-5-2)23-16-20(26)17-8-7-9-19(15-17)27-3/h7-9,15,18,20,26H,4-6,10-14,16H2,1-3H3,(H2,22,23,24). The average Bonchev–Trinajstić information content (AvgIpc) is 2.71. The molecular formula is C21H36N4O2. The van der Waals surface area contributed by atoms with Crippen molar-refractivity contribution in [3.8, 4) is 5.75 Å². The van der Waals surface area contributed by atoms with Crippen LogP contribution in [0.3, 0.4) is 0 Å². The summed E-state index contributed by atoms with van der Waals surface area (Å²) in [5, 5.41) is 17.3. The zero-order valence-corrected chi connectivity index (χ0v) is 17.1.